The van der Waals surface area contributed by atoms with Crippen LogP contribution in [0, 0.1) is 0 Å². The van der Waals surface area contributed by atoms with Gasteiger partial charge in [0.05, 0.1) is 12.6 Å². The molecule has 142 valence electrons. The van der Waals surface area contributed by atoms with E-state index in [4.69, 9.17) is 9.15 Å². The van der Waals surface area contributed by atoms with Crippen LogP contribution < -0.4 is 15.9 Å². The van der Waals surface area contributed by atoms with Crippen molar-refractivity contribution in [3.63, 3.8) is 0 Å². The van der Waals surface area contributed by atoms with Crippen molar-refractivity contribution in [2.24, 2.45) is 0 Å². The number of hydrogen-bond donors (Lipinski definition) is 1. The van der Waals surface area contributed by atoms with Crippen molar-refractivity contribution < 1.29 is 14.3 Å². The van der Waals surface area contributed by atoms with Gasteiger partial charge in [0.15, 0.2) is 11.3 Å². The molecule has 2 aromatic carbocycles. The molecule has 0 spiro atoms. The third-order valence-corrected chi connectivity index (χ3v) is 5.59. The molecule has 0 amide bonds. The second kappa shape index (κ2) is 7.09. The highest BCUT2D eigenvalue weighted by atomic mass is 32.2. The number of hydrogen-bond acceptors (Lipinski definition) is 6. The topological polar surface area (TPSA) is 81.7 Å². The fraction of sp³-hybridized carbons (Fsp3) is 0.143. The maximum atomic E-state index is 13.0. The van der Waals surface area contributed by atoms with Gasteiger partial charge >= 0.3 is 5.63 Å². The lowest BCUT2D eigenvalue weighted by molar-refractivity contribution is 0.413. The van der Waals surface area contributed by atoms with Gasteiger partial charge in [0, 0.05) is 16.8 Å². The summed E-state index contributed by atoms with van der Waals surface area (Å²) in [6.07, 6.45) is 0. The monoisotopic (exact) mass is 395 g/mol. The molecule has 0 bridgehead atoms. The molecule has 0 saturated heterocycles. The number of aryl methyl sites for hydroxylation is 1. The molecule has 0 atom stereocenters. The molecule has 2 heterocycles. The van der Waals surface area contributed by atoms with E-state index in [0.29, 0.717) is 28.1 Å². The summed E-state index contributed by atoms with van der Waals surface area (Å²) in [6.45, 7) is 2.27. The molecule has 0 aliphatic rings. The van der Waals surface area contributed by atoms with Gasteiger partial charge in [0.25, 0.3) is 5.56 Å². The summed E-state index contributed by atoms with van der Waals surface area (Å²) in [4.78, 5) is 26.3. The van der Waals surface area contributed by atoms with Gasteiger partial charge in [-0.05, 0) is 37.3 Å². The van der Waals surface area contributed by atoms with Gasteiger partial charge in [-0.3, -0.25) is 4.79 Å². The molecule has 28 heavy (non-hydrogen) atoms. The van der Waals surface area contributed by atoms with E-state index >= 15 is 0 Å². The Balaban J connectivity index is 2.02. The number of aromatic nitrogens is 1. The Bertz CT molecular complexity index is 1320. The minimum atomic E-state index is -0.698. The number of nitrogens with zero attached hydrogens (tertiary/aromatic N) is 1. The van der Waals surface area contributed by atoms with Gasteiger partial charge in [-0.25, -0.2) is 4.79 Å². The smallest absolute Gasteiger partial charge is 0.354 e. The van der Waals surface area contributed by atoms with Crippen molar-refractivity contribution in [2.45, 2.75) is 23.3 Å². The number of para-hydroxylation sites is 1. The van der Waals surface area contributed by atoms with E-state index in [1.54, 1.807) is 54.1 Å². The van der Waals surface area contributed by atoms with Crippen LogP contribution in [0.2, 0.25) is 0 Å². The summed E-state index contributed by atoms with van der Waals surface area (Å²) in [5.41, 5.74) is -0.345. The average Bonchev–Trinajstić information content (AvgIpc) is 2.71. The van der Waals surface area contributed by atoms with Crippen LogP contribution >= 0.6 is 11.8 Å². The van der Waals surface area contributed by atoms with Crippen LogP contribution in [0.15, 0.2) is 72.3 Å². The van der Waals surface area contributed by atoms with Crippen LogP contribution in [0.5, 0.6) is 11.5 Å². The summed E-state index contributed by atoms with van der Waals surface area (Å²) in [5.74, 6) is 0.256. The number of methoxy groups -OCH3 is 1. The first-order valence-corrected chi connectivity index (χ1v) is 9.50. The quantitative estimate of drug-likeness (QED) is 0.526. The normalized spacial score (nSPS) is 11.2. The Morgan fingerprint density at radius 3 is 2.68 bits per heavy atom. The van der Waals surface area contributed by atoms with E-state index in [-0.39, 0.29) is 21.6 Å². The Morgan fingerprint density at radius 2 is 1.93 bits per heavy atom. The first kappa shape index (κ1) is 18.2. The molecular weight excluding hydrogens is 378 g/mol. The molecule has 1 N–H and O–H groups in total. The first-order valence-electron chi connectivity index (χ1n) is 8.68. The molecule has 2 aromatic heterocycles. The van der Waals surface area contributed by atoms with E-state index < -0.39 is 11.2 Å². The number of rotatable bonds is 4. The highest BCUT2D eigenvalue weighted by molar-refractivity contribution is 7.99. The van der Waals surface area contributed by atoms with Crippen LogP contribution in [-0.4, -0.2) is 16.8 Å². The zero-order chi connectivity index (χ0) is 19.8. The number of aromatic hydroxyl groups is 1. The molecule has 0 saturated carbocycles. The van der Waals surface area contributed by atoms with Gasteiger partial charge < -0.3 is 18.8 Å². The predicted molar refractivity (Wildman–Crippen MR) is 109 cm³/mol. The Kier molecular flexibility index (Phi) is 4.60. The Labute approximate surface area is 164 Å². The van der Waals surface area contributed by atoms with E-state index in [9.17, 15) is 14.7 Å². The van der Waals surface area contributed by atoms with Crippen LogP contribution in [0.25, 0.3) is 21.9 Å². The average molecular weight is 395 g/mol. The van der Waals surface area contributed by atoms with Crippen molar-refractivity contribution >= 4 is 33.6 Å². The number of benzene rings is 2. The summed E-state index contributed by atoms with van der Waals surface area (Å²) in [5, 5.41) is 11.5. The first-order chi connectivity index (χ1) is 13.5. The van der Waals surface area contributed by atoms with E-state index in [0.717, 1.165) is 11.8 Å². The van der Waals surface area contributed by atoms with Crippen molar-refractivity contribution in [1.29, 1.82) is 0 Å². The van der Waals surface area contributed by atoms with Gasteiger partial charge in [-0.1, -0.05) is 30.0 Å². The fourth-order valence-corrected chi connectivity index (χ4v) is 4.11. The summed E-state index contributed by atoms with van der Waals surface area (Å²) < 4.78 is 12.3. The fourth-order valence-electron chi connectivity index (χ4n) is 3.23. The van der Waals surface area contributed by atoms with Crippen molar-refractivity contribution in [1.82, 2.24) is 4.57 Å². The standard InChI is InChI=1S/C21H17NO5S/c1-3-22-15-10-5-4-9-14(15)18-16(20(22)24)17(23)19(21(25)27-18)28-13-8-6-7-12(11-13)26-2/h4-11,23H,3H2,1-2H3. The van der Waals surface area contributed by atoms with Gasteiger partial charge in [-0.2, -0.15) is 0 Å². The highest BCUT2D eigenvalue weighted by Crippen LogP contribution is 2.37. The van der Waals surface area contributed by atoms with Gasteiger partial charge in [0.2, 0.25) is 0 Å². The second-order valence-corrected chi connectivity index (χ2v) is 7.20. The molecule has 7 heteroatoms. The van der Waals surface area contributed by atoms with E-state index in [1.807, 2.05) is 13.0 Å². The SMILES string of the molecule is CCn1c(=O)c2c(O)c(Sc3cccc(OC)c3)c(=O)oc2c2ccccc21. The maximum Gasteiger partial charge on any atom is 0.354 e. The summed E-state index contributed by atoms with van der Waals surface area (Å²) >= 11 is 1.03. The molecular formula is C21H17NO5S. The Hall–Kier alpha value is -3.19. The molecule has 4 rings (SSSR count). The third-order valence-electron chi connectivity index (χ3n) is 4.53. The van der Waals surface area contributed by atoms with Crippen molar-refractivity contribution in [2.75, 3.05) is 7.11 Å². The minimum absolute atomic E-state index is 0.00514. The minimum Gasteiger partial charge on any atom is -0.505 e. The Morgan fingerprint density at radius 1 is 1.14 bits per heavy atom. The maximum absolute atomic E-state index is 13.0. The summed E-state index contributed by atoms with van der Waals surface area (Å²) in [6, 6.07) is 14.2. The third kappa shape index (κ3) is 2.84. The lowest BCUT2D eigenvalue weighted by Crippen LogP contribution is -2.21. The van der Waals surface area contributed by atoms with Crippen molar-refractivity contribution in [3.8, 4) is 11.5 Å². The van der Waals surface area contributed by atoms with Crippen molar-refractivity contribution in [3.05, 3.63) is 69.3 Å². The molecule has 4 aromatic rings. The lowest BCUT2D eigenvalue weighted by atomic mass is 10.1. The van der Waals surface area contributed by atoms with Crippen LogP contribution in [0.4, 0.5) is 0 Å². The van der Waals surface area contributed by atoms with Crippen LogP contribution in [-0.2, 0) is 6.54 Å². The van der Waals surface area contributed by atoms with E-state index in [1.165, 1.54) is 0 Å². The molecule has 0 fully saturated rings. The summed E-state index contributed by atoms with van der Waals surface area (Å²) in [7, 11) is 1.55. The predicted octanol–water partition coefficient (Wildman–Crippen LogP) is 3.99. The largest absolute Gasteiger partial charge is 0.505 e. The molecule has 0 unspecified atom stereocenters. The number of pyridine rings is 1. The molecule has 0 aliphatic heterocycles. The number of ether oxygens (including phenoxy) is 1. The second-order valence-electron chi connectivity index (χ2n) is 6.12. The molecule has 0 radical (unpaired) electrons. The molecule has 6 nitrogen and oxygen atoms in total. The lowest BCUT2D eigenvalue weighted by Gasteiger charge is -2.12. The van der Waals surface area contributed by atoms with Crippen LogP contribution in [0.3, 0.4) is 0 Å². The zero-order valence-electron chi connectivity index (χ0n) is 15.3. The highest BCUT2D eigenvalue weighted by Gasteiger charge is 2.21. The van der Waals surface area contributed by atoms with Gasteiger partial charge in [0.1, 0.15) is 16.0 Å². The molecule has 0 aliphatic carbocycles. The zero-order valence-corrected chi connectivity index (χ0v) is 16.1. The van der Waals surface area contributed by atoms with E-state index in [2.05, 4.69) is 0 Å². The number of fused-ring (bicyclic) bond motifs is 3. The van der Waals surface area contributed by atoms with Crippen LogP contribution in [0.1, 0.15) is 6.92 Å². The van der Waals surface area contributed by atoms with Gasteiger partial charge in [-0.15, -0.1) is 0 Å².